The van der Waals surface area contributed by atoms with Crippen molar-refractivity contribution >= 4 is 11.6 Å². The van der Waals surface area contributed by atoms with E-state index in [0.29, 0.717) is 6.04 Å². The van der Waals surface area contributed by atoms with E-state index >= 15 is 0 Å². The van der Waals surface area contributed by atoms with Crippen molar-refractivity contribution in [1.82, 2.24) is 5.32 Å². The Morgan fingerprint density at radius 3 is 2.75 bits per heavy atom. The van der Waals surface area contributed by atoms with Crippen LogP contribution >= 0.6 is 0 Å². The third-order valence-electron chi connectivity index (χ3n) is 4.78. The first-order valence-electron chi connectivity index (χ1n) is 7.75. The van der Waals surface area contributed by atoms with Crippen LogP contribution in [-0.4, -0.2) is 17.5 Å². The molecule has 1 amide bonds. The lowest BCUT2D eigenvalue weighted by Gasteiger charge is -2.33. The molecule has 108 valence electrons. The van der Waals surface area contributed by atoms with Crippen molar-refractivity contribution in [2.45, 2.75) is 63.5 Å². The highest BCUT2D eigenvalue weighted by atomic mass is 16.2. The molecule has 0 spiro atoms. The molecule has 1 aliphatic heterocycles. The summed E-state index contributed by atoms with van der Waals surface area (Å²) >= 11 is 0. The number of amides is 1. The first-order valence-corrected chi connectivity index (χ1v) is 7.75. The summed E-state index contributed by atoms with van der Waals surface area (Å²) in [5.41, 5.74) is 2.27. The maximum atomic E-state index is 12.7. The fraction of sp³-hybridized carbons (Fsp3) is 0.588. The topological polar surface area (TPSA) is 41.1 Å². The summed E-state index contributed by atoms with van der Waals surface area (Å²) in [7, 11) is 0. The fourth-order valence-electron chi connectivity index (χ4n) is 3.65. The van der Waals surface area contributed by atoms with Crippen molar-refractivity contribution in [2.24, 2.45) is 0 Å². The molecule has 3 rings (SSSR count). The van der Waals surface area contributed by atoms with Crippen LogP contribution in [0, 0.1) is 0 Å². The van der Waals surface area contributed by atoms with Gasteiger partial charge in [0.15, 0.2) is 0 Å². The van der Waals surface area contributed by atoms with Gasteiger partial charge in [-0.05, 0) is 44.7 Å². The second-order valence-electron chi connectivity index (χ2n) is 6.68. The summed E-state index contributed by atoms with van der Waals surface area (Å²) in [5.74, 6) is 0.190. The maximum Gasteiger partial charge on any atom is 0.228 e. The van der Waals surface area contributed by atoms with E-state index in [1.807, 2.05) is 12.1 Å². The van der Waals surface area contributed by atoms with Gasteiger partial charge >= 0.3 is 0 Å². The van der Waals surface area contributed by atoms with E-state index in [4.69, 9.17) is 0 Å². The van der Waals surface area contributed by atoms with Crippen molar-refractivity contribution in [3.8, 4) is 0 Å². The fourth-order valence-corrected chi connectivity index (χ4v) is 3.65. The zero-order valence-electron chi connectivity index (χ0n) is 12.4. The molecule has 1 fully saturated rings. The van der Waals surface area contributed by atoms with Crippen LogP contribution in [0.15, 0.2) is 24.3 Å². The van der Waals surface area contributed by atoms with E-state index in [2.05, 4.69) is 36.6 Å². The van der Waals surface area contributed by atoms with Gasteiger partial charge in [-0.3, -0.25) is 4.79 Å². The van der Waals surface area contributed by atoms with Crippen molar-refractivity contribution in [1.29, 1.82) is 0 Å². The van der Waals surface area contributed by atoms with Crippen LogP contribution < -0.4 is 10.6 Å². The average molecular weight is 272 g/mol. The Labute approximate surface area is 121 Å². The monoisotopic (exact) mass is 272 g/mol. The Morgan fingerprint density at radius 1 is 1.30 bits per heavy atom. The number of anilines is 1. The normalized spacial score (nSPS) is 27.5. The SMILES string of the molecule is CC1CC(C(=O)NC2(C)CCCC2)c2ccccc2N1. The Bertz CT molecular complexity index is 505. The number of carbonyl (C=O) groups is 1. The molecule has 2 aliphatic rings. The molecule has 0 bridgehead atoms. The highest BCUT2D eigenvalue weighted by Crippen LogP contribution is 2.36. The number of nitrogens with one attached hydrogen (secondary N) is 2. The largest absolute Gasteiger partial charge is 0.382 e. The highest BCUT2D eigenvalue weighted by Gasteiger charge is 2.35. The minimum atomic E-state index is -0.0140. The lowest BCUT2D eigenvalue weighted by molar-refractivity contribution is -0.124. The molecule has 2 unspecified atom stereocenters. The lowest BCUT2D eigenvalue weighted by Crippen LogP contribution is -2.47. The Morgan fingerprint density at radius 2 is 2.00 bits per heavy atom. The quantitative estimate of drug-likeness (QED) is 0.866. The summed E-state index contributed by atoms with van der Waals surface area (Å²) in [4.78, 5) is 12.7. The molecule has 0 radical (unpaired) electrons. The van der Waals surface area contributed by atoms with Crippen LogP contribution in [0.4, 0.5) is 5.69 Å². The number of para-hydroxylation sites is 1. The molecule has 2 N–H and O–H groups in total. The molecule has 1 saturated carbocycles. The number of hydrogen-bond donors (Lipinski definition) is 2. The van der Waals surface area contributed by atoms with Gasteiger partial charge in [-0.25, -0.2) is 0 Å². The van der Waals surface area contributed by atoms with Gasteiger partial charge in [-0.1, -0.05) is 31.0 Å². The van der Waals surface area contributed by atoms with Crippen LogP contribution in [0.2, 0.25) is 0 Å². The minimum absolute atomic E-state index is 0.0140. The molecule has 1 aromatic carbocycles. The van der Waals surface area contributed by atoms with Gasteiger partial charge in [0.2, 0.25) is 5.91 Å². The van der Waals surface area contributed by atoms with Crippen molar-refractivity contribution in [3.63, 3.8) is 0 Å². The van der Waals surface area contributed by atoms with Gasteiger partial charge in [0.25, 0.3) is 0 Å². The number of benzene rings is 1. The Balaban J connectivity index is 1.81. The van der Waals surface area contributed by atoms with Crippen molar-refractivity contribution in [3.05, 3.63) is 29.8 Å². The maximum absolute atomic E-state index is 12.7. The van der Waals surface area contributed by atoms with E-state index in [0.717, 1.165) is 30.5 Å². The van der Waals surface area contributed by atoms with Gasteiger partial charge in [0, 0.05) is 17.3 Å². The number of rotatable bonds is 2. The number of hydrogen-bond acceptors (Lipinski definition) is 2. The summed E-state index contributed by atoms with van der Waals surface area (Å²) in [6, 6.07) is 8.54. The highest BCUT2D eigenvalue weighted by molar-refractivity contribution is 5.87. The van der Waals surface area contributed by atoms with Crippen LogP contribution in [-0.2, 0) is 4.79 Å². The van der Waals surface area contributed by atoms with E-state index in [9.17, 15) is 4.79 Å². The van der Waals surface area contributed by atoms with Gasteiger partial charge in [-0.15, -0.1) is 0 Å². The first kappa shape index (κ1) is 13.5. The molecule has 1 aromatic rings. The van der Waals surface area contributed by atoms with Crippen LogP contribution in [0.1, 0.15) is 57.4 Å². The molecular weight excluding hydrogens is 248 g/mol. The number of carbonyl (C=O) groups excluding carboxylic acids is 1. The Hall–Kier alpha value is -1.51. The molecule has 1 aliphatic carbocycles. The Kier molecular flexibility index (Phi) is 3.45. The van der Waals surface area contributed by atoms with Gasteiger partial charge in [0.05, 0.1) is 5.92 Å². The van der Waals surface area contributed by atoms with Gasteiger partial charge in [-0.2, -0.15) is 0 Å². The minimum Gasteiger partial charge on any atom is -0.382 e. The third-order valence-corrected chi connectivity index (χ3v) is 4.78. The second-order valence-corrected chi connectivity index (χ2v) is 6.68. The standard InChI is InChI=1S/C17H24N2O/c1-12-11-14(13-7-3-4-8-15(13)18-12)16(20)19-17(2)9-5-6-10-17/h3-4,7-8,12,14,18H,5-6,9-11H2,1-2H3,(H,19,20). The smallest absolute Gasteiger partial charge is 0.228 e. The van der Waals surface area contributed by atoms with Crippen LogP contribution in [0.5, 0.6) is 0 Å². The van der Waals surface area contributed by atoms with E-state index in [1.165, 1.54) is 12.8 Å². The predicted molar refractivity (Wildman–Crippen MR) is 81.9 cm³/mol. The van der Waals surface area contributed by atoms with E-state index in [1.54, 1.807) is 0 Å². The molecule has 3 nitrogen and oxygen atoms in total. The zero-order chi connectivity index (χ0) is 14.2. The van der Waals surface area contributed by atoms with Crippen molar-refractivity contribution < 1.29 is 4.79 Å². The first-order chi connectivity index (χ1) is 9.57. The van der Waals surface area contributed by atoms with E-state index < -0.39 is 0 Å². The molecule has 2 atom stereocenters. The second kappa shape index (κ2) is 5.12. The lowest BCUT2D eigenvalue weighted by atomic mass is 9.86. The molecule has 1 heterocycles. The molecule has 20 heavy (non-hydrogen) atoms. The summed E-state index contributed by atoms with van der Waals surface area (Å²) in [6.45, 7) is 4.34. The van der Waals surface area contributed by atoms with Gasteiger partial charge in [0.1, 0.15) is 0 Å². The van der Waals surface area contributed by atoms with E-state index in [-0.39, 0.29) is 17.4 Å². The molecule has 0 aromatic heterocycles. The number of fused-ring (bicyclic) bond motifs is 1. The van der Waals surface area contributed by atoms with Crippen LogP contribution in [0.25, 0.3) is 0 Å². The summed E-state index contributed by atoms with van der Waals surface area (Å²) in [6.07, 6.45) is 5.56. The third kappa shape index (κ3) is 2.54. The van der Waals surface area contributed by atoms with Crippen LogP contribution in [0.3, 0.4) is 0 Å². The van der Waals surface area contributed by atoms with Gasteiger partial charge < -0.3 is 10.6 Å². The summed E-state index contributed by atoms with van der Waals surface area (Å²) in [5, 5.41) is 6.79. The summed E-state index contributed by atoms with van der Waals surface area (Å²) < 4.78 is 0. The zero-order valence-corrected chi connectivity index (χ0v) is 12.4. The predicted octanol–water partition coefficient (Wildman–Crippen LogP) is 3.42. The molecule has 3 heteroatoms. The molecular formula is C17H24N2O. The average Bonchev–Trinajstić information content (AvgIpc) is 2.84. The van der Waals surface area contributed by atoms with Crippen molar-refractivity contribution in [2.75, 3.05) is 5.32 Å². The molecule has 0 saturated heterocycles.